The second kappa shape index (κ2) is 10.5. The van der Waals surface area contributed by atoms with Gasteiger partial charge < -0.3 is 20.1 Å². The van der Waals surface area contributed by atoms with Crippen molar-refractivity contribution in [2.45, 2.75) is 59.0 Å². The predicted octanol–water partition coefficient (Wildman–Crippen LogP) is 3.60. The molecule has 2 N–H and O–H groups in total. The molecule has 27 heavy (non-hydrogen) atoms. The summed E-state index contributed by atoms with van der Waals surface area (Å²) in [6.07, 6.45) is 0.398. The van der Waals surface area contributed by atoms with Gasteiger partial charge in [0.25, 0.3) is 5.91 Å². The molecule has 0 saturated carbocycles. The van der Waals surface area contributed by atoms with Gasteiger partial charge in [0.05, 0.1) is 6.42 Å². The lowest BCUT2D eigenvalue weighted by Crippen LogP contribution is -2.34. The van der Waals surface area contributed by atoms with Gasteiger partial charge in [0.15, 0.2) is 6.61 Å². The molecule has 2 amide bonds. The highest BCUT2D eigenvalue weighted by Gasteiger charge is 2.16. The average molecular weight is 378 g/mol. The molecule has 150 valence electrons. The molecule has 0 bridgehead atoms. The van der Waals surface area contributed by atoms with Crippen molar-refractivity contribution in [2.24, 2.45) is 0 Å². The molecule has 0 heterocycles. The number of anilines is 1. The Bertz CT molecular complexity index is 635. The summed E-state index contributed by atoms with van der Waals surface area (Å²) in [5, 5.41) is 5.13. The van der Waals surface area contributed by atoms with E-state index < -0.39 is 23.6 Å². The molecule has 0 aliphatic rings. The fourth-order valence-corrected chi connectivity index (χ4v) is 2.13. The largest absolute Gasteiger partial charge is 0.456 e. The van der Waals surface area contributed by atoms with Crippen LogP contribution in [-0.2, 0) is 19.1 Å². The Morgan fingerprint density at radius 3 is 2.30 bits per heavy atom. The van der Waals surface area contributed by atoms with Crippen molar-refractivity contribution >= 4 is 23.7 Å². The third-order valence-electron chi connectivity index (χ3n) is 3.74. The number of alkyl carbamates (subject to hydrolysis) is 1. The van der Waals surface area contributed by atoms with Gasteiger partial charge in [-0.25, -0.2) is 4.79 Å². The molecule has 7 nitrogen and oxygen atoms in total. The van der Waals surface area contributed by atoms with Crippen LogP contribution in [-0.4, -0.2) is 36.7 Å². The van der Waals surface area contributed by atoms with E-state index in [2.05, 4.69) is 24.5 Å². The van der Waals surface area contributed by atoms with E-state index in [4.69, 9.17) is 9.47 Å². The van der Waals surface area contributed by atoms with Crippen molar-refractivity contribution in [3.05, 3.63) is 29.8 Å². The van der Waals surface area contributed by atoms with E-state index in [9.17, 15) is 14.4 Å². The number of esters is 1. The Balaban J connectivity index is 2.27. The quantitative estimate of drug-likeness (QED) is 0.674. The first-order valence-corrected chi connectivity index (χ1v) is 9.13. The van der Waals surface area contributed by atoms with Gasteiger partial charge in [0, 0.05) is 12.2 Å². The molecule has 7 heteroatoms. The highest BCUT2D eigenvalue weighted by Crippen LogP contribution is 2.20. The maximum absolute atomic E-state index is 11.9. The molecule has 0 saturated heterocycles. The van der Waals surface area contributed by atoms with E-state index in [1.54, 1.807) is 20.8 Å². The van der Waals surface area contributed by atoms with Crippen molar-refractivity contribution in [1.82, 2.24) is 5.32 Å². The Morgan fingerprint density at radius 2 is 1.74 bits per heavy atom. The summed E-state index contributed by atoms with van der Waals surface area (Å²) in [6.45, 7) is 9.21. The van der Waals surface area contributed by atoms with Crippen molar-refractivity contribution < 1.29 is 23.9 Å². The van der Waals surface area contributed by atoms with Gasteiger partial charge in [-0.15, -0.1) is 0 Å². The molecule has 0 aliphatic heterocycles. The molecule has 0 aromatic heterocycles. The van der Waals surface area contributed by atoms with Gasteiger partial charge in [0.2, 0.25) is 0 Å². The number of rotatable bonds is 8. The minimum absolute atomic E-state index is 0.0455. The molecule has 1 aromatic rings. The lowest BCUT2D eigenvalue weighted by Gasteiger charge is -2.19. The number of benzene rings is 1. The molecule has 0 fully saturated rings. The maximum atomic E-state index is 11.9. The molecule has 1 aromatic carbocycles. The number of amides is 2. The normalized spacial score (nSPS) is 12.0. The van der Waals surface area contributed by atoms with E-state index in [1.807, 2.05) is 24.3 Å². The summed E-state index contributed by atoms with van der Waals surface area (Å²) in [4.78, 5) is 34.9. The Hall–Kier alpha value is -2.57. The van der Waals surface area contributed by atoms with Crippen molar-refractivity contribution in [3.8, 4) is 0 Å². The standard InChI is InChI=1S/C20H30N2O5/c1-6-14(2)15-7-9-16(10-8-15)22-17(23)13-26-18(24)11-12-21-19(25)27-20(3,4)5/h7-10,14H,6,11-13H2,1-5H3,(H,21,25)(H,22,23)/t14-/m1/s1. The minimum Gasteiger partial charge on any atom is -0.456 e. The van der Waals surface area contributed by atoms with Crippen LogP contribution in [0.5, 0.6) is 0 Å². The SMILES string of the molecule is CC[C@@H](C)c1ccc(NC(=O)COC(=O)CCNC(=O)OC(C)(C)C)cc1. The van der Waals surface area contributed by atoms with Crippen LogP contribution in [0.25, 0.3) is 0 Å². The molecule has 0 unspecified atom stereocenters. The fourth-order valence-electron chi connectivity index (χ4n) is 2.13. The van der Waals surface area contributed by atoms with Crippen LogP contribution in [0.4, 0.5) is 10.5 Å². The highest BCUT2D eigenvalue weighted by atomic mass is 16.6. The van der Waals surface area contributed by atoms with Crippen LogP contribution in [0.2, 0.25) is 0 Å². The summed E-state index contributed by atoms with van der Waals surface area (Å²) in [5.41, 5.74) is 1.25. The fraction of sp³-hybridized carbons (Fsp3) is 0.550. The summed E-state index contributed by atoms with van der Waals surface area (Å²) in [6, 6.07) is 7.59. The first kappa shape index (κ1) is 22.5. The van der Waals surface area contributed by atoms with E-state index >= 15 is 0 Å². The lowest BCUT2D eigenvalue weighted by atomic mass is 9.99. The minimum atomic E-state index is -0.603. The Kier molecular flexibility index (Phi) is 8.78. The van der Waals surface area contributed by atoms with Crippen LogP contribution in [0.3, 0.4) is 0 Å². The number of hydrogen-bond acceptors (Lipinski definition) is 5. The zero-order valence-corrected chi connectivity index (χ0v) is 16.8. The van der Waals surface area contributed by atoms with Gasteiger partial charge in [-0.2, -0.15) is 0 Å². The molecule has 1 atom stereocenters. The number of carbonyl (C=O) groups excluding carboxylic acids is 3. The number of nitrogens with one attached hydrogen (secondary N) is 2. The van der Waals surface area contributed by atoms with Crippen LogP contribution >= 0.6 is 0 Å². The van der Waals surface area contributed by atoms with Crippen LogP contribution < -0.4 is 10.6 Å². The van der Waals surface area contributed by atoms with E-state index in [0.29, 0.717) is 11.6 Å². The highest BCUT2D eigenvalue weighted by molar-refractivity contribution is 5.92. The Morgan fingerprint density at radius 1 is 1.11 bits per heavy atom. The van der Waals surface area contributed by atoms with Crippen LogP contribution in [0.1, 0.15) is 58.9 Å². The molecular weight excluding hydrogens is 348 g/mol. The first-order valence-electron chi connectivity index (χ1n) is 9.13. The molecular formula is C20H30N2O5. The summed E-state index contributed by atoms with van der Waals surface area (Å²) in [5.74, 6) is -0.530. The smallest absolute Gasteiger partial charge is 0.407 e. The van der Waals surface area contributed by atoms with Crippen LogP contribution in [0.15, 0.2) is 24.3 Å². The van der Waals surface area contributed by atoms with Gasteiger partial charge >= 0.3 is 12.1 Å². The summed E-state index contributed by atoms with van der Waals surface area (Å²) < 4.78 is 9.94. The molecule has 0 spiro atoms. The third-order valence-corrected chi connectivity index (χ3v) is 3.74. The van der Waals surface area contributed by atoms with Gasteiger partial charge in [-0.1, -0.05) is 26.0 Å². The van der Waals surface area contributed by atoms with Gasteiger partial charge in [-0.3, -0.25) is 9.59 Å². The average Bonchev–Trinajstić information content (AvgIpc) is 2.58. The summed E-state index contributed by atoms with van der Waals surface area (Å²) >= 11 is 0. The maximum Gasteiger partial charge on any atom is 0.407 e. The number of hydrogen-bond donors (Lipinski definition) is 2. The van der Waals surface area contributed by atoms with E-state index in [0.717, 1.165) is 6.42 Å². The Labute approximate surface area is 160 Å². The molecule has 0 radical (unpaired) electrons. The zero-order chi connectivity index (χ0) is 20.4. The van der Waals surface area contributed by atoms with Crippen molar-refractivity contribution in [3.63, 3.8) is 0 Å². The molecule has 1 rings (SSSR count). The third kappa shape index (κ3) is 9.63. The first-order chi connectivity index (χ1) is 12.6. The van der Waals surface area contributed by atoms with Crippen molar-refractivity contribution in [1.29, 1.82) is 0 Å². The second-order valence-electron chi connectivity index (χ2n) is 7.32. The number of ether oxygens (including phenoxy) is 2. The second-order valence-corrected chi connectivity index (χ2v) is 7.32. The number of carbonyl (C=O) groups is 3. The van der Waals surface area contributed by atoms with Crippen LogP contribution in [0, 0.1) is 0 Å². The van der Waals surface area contributed by atoms with E-state index in [-0.39, 0.29) is 19.6 Å². The van der Waals surface area contributed by atoms with E-state index in [1.165, 1.54) is 5.56 Å². The molecule has 0 aliphatic carbocycles. The lowest BCUT2D eigenvalue weighted by molar-refractivity contribution is -0.147. The van der Waals surface area contributed by atoms with Gasteiger partial charge in [-0.05, 0) is 50.8 Å². The zero-order valence-electron chi connectivity index (χ0n) is 16.8. The monoisotopic (exact) mass is 378 g/mol. The topological polar surface area (TPSA) is 93.7 Å². The van der Waals surface area contributed by atoms with Gasteiger partial charge in [0.1, 0.15) is 5.60 Å². The van der Waals surface area contributed by atoms with Crippen molar-refractivity contribution in [2.75, 3.05) is 18.5 Å². The predicted molar refractivity (Wildman–Crippen MR) is 104 cm³/mol. The summed E-state index contributed by atoms with van der Waals surface area (Å²) in [7, 11) is 0.